The van der Waals surface area contributed by atoms with E-state index in [0.29, 0.717) is 4.88 Å². The van der Waals surface area contributed by atoms with Gasteiger partial charge in [0.2, 0.25) is 0 Å². The molecular formula is C23H21F2N3O3S. The standard InChI is InChI=1S/C23H21F2N3O3S/c1-13(2)20(26-21(29)15-5-9-17(25)10-6-15)23(31)28-27-22(30)19-12-11-18(32-19)14-3-7-16(24)8-4-14/h3-13,20H,1-2H3,(H,26,29)(H,27,30)(H,28,31)/t20-/m0/s1. The first-order valence-corrected chi connectivity index (χ1v) is 10.6. The zero-order chi connectivity index (χ0) is 23.3. The predicted octanol–water partition coefficient (Wildman–Crippen LogP) is 3.91. The normalized spacial score (nSPS) is 11.7. The molecule has 0 saturated carbocycles. The van der Waals surface area contributed by atoms with Crippen LogP contribution in [0.4, 0.5) is 8.78 Å². The van der Waals surface area contributed by atoms with Crippen molar-refractivity contribution in [2.45, 2.75) is 19.9 Å². The molecule has 0 aliphatic rings. The summed E-state index contributed by atoms with van der Waals surface area (Å²) in [6.07, 6.45) is 0. The number of hydrazine groups is 1. The molecule has 0 radical (unpaired) electrons. The molecule has 0 aliphatic carbocycles. The van der Waals surface area contributed by atoms with E-state index < -0.39 is 29.6 Å². The maximum Gasteiger partial charge on any atom is 0.279 e. The van der Waals surface area contributed by atoms with Gasteiger partial charge >= 0.3 is 0 Å². The molecule has 3 amide bonds. The van der Waals surface area contributed by atoms with Gasteiger partial charge in [-0.05, 0) is 60.0 Å². The second-order valence-electron chi connectivity index (χ2n) is 7.32. The van der Waals surface area contributed by atoms with Crippen LogP contribution in [0.3, 0.4) is 0 Å². The van der Waals surface area contributed by atoms with E-state index in [2.05, 4.69) is 16.2 Å². The molecular weight excluding hydrogens is 436 g/mol. The number of carbonyl (C=O) groups is 3. The van der Waals surface area contributed by atoms with Gasteiger partial charge in [0.05, 0.1) is 4.88 Å². The van der Waals surface area contributed by atoms with Crippen molar-refractivity contribution in [1.82, 2.24) is 16.2 Å². The highest BCUT2D eigenvalue weighted by Gasteiger charge is 2.25. The number of hydrogen-bond donors (Lipinski definition) is 3. The van der Waals surface area contributed by atoms with Crippen molar-refractivity contribution in [3.8, 4) is 10.4 Å². The average molecular weight is 458 g/mol. The van der Waals surface area contributed by atoms with Crippen LogP contribution in [0.1, 0.15) is 33.9 Å². The number of nitrogens with one attached hydrogen (secondary N) is 3. The Balaban J connectivity index is 1.60. The minimum Gasteiger partial charge on any atom is -0.340 e. The summed E-state index contributed by atoms with van der Waals surface area (Å²) in [5, 5.41) is 2.59. The van der Waals surface area contributed by atoms with Gasteiger partial charge in [-0.3, -0.25) is 25.2 Å². The third kappa shape index (κ3) is 5.76. The average Bonchev–Trinajstić information content (AvgIpc) is 3.26. The largest absolute Gasteiger partial charge is 0.340 e. The lowest BCUT2D eigenvalue weighted by atomic mass is 10.0. The van der Waals surface area contributed by atoms with E-state index in [1.54, 1.807) is 38.1 Å². The third-order valence-corrected chi connectivity index (χ3v) is 5.73. The Kier molecular flexibility index (Phi) is 7.32. The number of amides is 3. The van der Waals surface area contributed by atoms with Crippen LogP contribution >= 0.6 is 11.3 Å². The third-order valence-electron chi connectivity index (χ3n) is 4.60. The van der Waals surface area contributed by atoms with Crippen molar-refractivity contribution in [2.24, 2.45) is 5.92 Å². The van der Waals surface area contributed by atoms with Gasteiger partial charge in [-0.25, -0.2) is 8.78 Å². The summed E-state index contributed by atoms with van der Waals surface area (Å²) >= 11 is 1.19. The second kappa shape index (κ2) is 10.1. The SMILES string of the molecule is CC(C)[C@H](NC(=O)c1ccc(F)cc1)C(=O)NNC(=O)c1ccc(-c2ccc(F)cc2)s1. The summed E-state index contributed by atoms with van der Waals surface area (Å²) < 4.78 is 26.1. The first kappa shape index (κ1) is 23.1. The number of hydrogen-bond acceptors (Lipinski definition) is 4. The highest BCUT2D eigenvalue weighted by atomic mass is 32.1. The molecule has 3 N–H and O–H groups in total. The summed E-state index contributed by atoms with van der Waals surface area (Å²) in [6, 6.07) is 13.2. The van der Waals surface area contributed by atoms with E-state index in [1.807, 2.05) is 0 Å². The molecule has 3 rings (SSSR count). The molecule has 1 heterocycles. The summed E-state index contributed by atoms with van der Waals surface area (Å²) in [4.78, 5) is 38.5. The lowest BCUT2D eigenvalue weighted by Crippen LogP contribution is -2.54. The maximum absolute atomic E-state index is 13.1. The molecule has 0 unspecified atom stereocenters. The van der Waals surface area contributed by atoms with Crippen molar-refractivity contribution in [2.75, 3.05) is 0 Å². The fourth-order valence-corrected chi connectivity index (χ4v) is 3.75. The molecule has 0 saturated heterocycles. The quantitative estimate of drug-likeness (QED) is 0.491. The van der Waals surface area contributed by atoms with Crippen molar-refractivity contribution in [1.29, 1.82) is 0 Å². The van der Waals surface area contributed by atoms with E-state index in [0.717, 1.165) is 22.6 Å². The Hall–Kier alpha value is -3.59. The van der Waals surface area contributed by atoms with Gasteiger partial charge < -0.3 is 5.32 Å². The molecule has 0 fully saturated rings. The number of thiophene rings is 1. The van der Waals surface area contributed by atoms with Crippen LogP contribution in [-0.4, -0.2) is 23.8 Å². The lowest BCUT2D eigenvalue weighted by molar-refractivity contribution is -0.124. The predicted molar refractivity (Wildman–Crippen MR) is 118 cm³/mol. The van der Waals surface area contributed by atoms with Gasteiger partial charge in [-0.1, -0.05) is 26.0 Å². The van der Waals surface area contributed by atoms with Crippen molar-refractivity contribution in [3.63, 3.8) is 0 Å². The van der Waals surface area contributed by atoms with Gasteiger partial charge in [-0.15, -0.1) is 11.3 Å². The van der Waals surface area contributed by atoms with Crippen LogP contribution in [0.25, 0.3) is 10.4 Å². The topological polar surface area (TPSA) is 87.3 Å². The minimum absolute atomic E-state index is 0.209. The molecule has 3 aromatic rings. The first-order valence-electron chi connectivity index (χ1n) is 9.77. The summed E-state index contributed by atoms with van der Waals surface area (Å²) in [5.74, 6) is -2.76. The summed E-state index contributed by atoms with van der Waals surface area (Å²) in [6.45, 7) is 3.48. The molecule has 166 valence electrons. The van der Waals surface area contributed by atoms with Crippen LogP contribution in [-0.2, 0) is 4.79 Å². The van der Waals surface area contributed by atoms with Crippen molar-refractivity contribution < 1.29 is 23.2 Å². The molecule has 0 spiro atoms. The summed E-state index contributed by atoms with van der Waals surface area (Å²) in [5.41, 5.74) is 5.64. The zero-order valence-electron chi connectivity index (χ0n) is 17.3. The molecule has 6 nitrogen and oxygen atoms in total. The van der Waals surface area contributed by atoms with Gasteiger partial charge in [0.15, 0.2) is 0 Å². The van der Waals surface area contributed by atoms with Crippen molar-refractivity contribution >= 4 is 29.1 Å². The lowest BCUT2D eigenvalue weighted by Gasteiger charge is -2.21. The Morgan fingerprint density at radius 3 is 1.97 bits per heavy atom. The Bertz CT molecular complexity index is 1110. The van der Waals surface area contributed by atoms with E-state index in [1.165, 1.54) is 35.6 Å². The van der Waals surface area contributed by atoms with Gasteiger partial charge in [0.25, 0.3) is 17.7 Å². The number of benzene rings is 2. The van der Waals surface area contributed by atoms with E-state index >= 15 is 0 Å². The fourth-order valence-electron chi connectivity index (χ4n) is 2.85. The Morgan fingerprint density at radius 2 is 1.38 bits per heavy atom. The minimum atomic E-state index is -0.925. The highest BCUT2D eigenvalue weighted by Crippen LogP contribution is 2.28. The fraction of sp³-hybridized carbons (Fsp3) is 0.174. The molecule has 0 aliphatic heterocycles. The Morgan fingerprint density at radius 1 is 0.781 bits per heavy atom. The van der Waals surface area contributed by atoms with Crippen molar-refractivity contribution in [3.05, 3.63) is 82.7 Å². The zero-order valence-corrected chi connectivity index (χ0v) is 18.1. The number of carbonyl (C=O) groups excluding carboxylic acids is 3. The second-order valence-corrected chi connectivity index (χ2v) is 8.40. The van der Waals surface area contributed by atoms with E-state index in [4.69, 9.17) is 0 Å². The van der Waals surface area contributed by atoms with Crippen LogP contribution in [0.15, 0.2) is 60.7 Å². The molecule has 1 atom stereocenters. The molecule has 1 aromatic heterocycles. The van der Waals surface area contributed by atoms with Crippen LogP contribution in [0, 0.1) is 17.6 Å². The van der Waals surface area contributed by atoms with E-state index in [9.17, 15) is 23.2 Å². The number of halogens is 2. The molecule has 32 heavy (non-hydrogen) atoms. The van der Waals surface area contributed by atoms with Crippen LogP contribution < -0.4 is 16.2 Å². The van der Waals surface area contributed by atoms with Crippen LogP contribution in [0.2, 0.25) is 0 Å². The molecule has 2 aromatic carbocycles. The summed E-state index contributed by atoms with van der Waals surface area (Å²) in [7, 11) is 0. The van der Waals surface area contributed by atoms with Gasteiger partial charge in [0, 0.05) is 10.4 Å². The number of rotatable bonds is 6. The highest BCUT2D eigenvalue weighted by molar-refractivity contribution is 7.17. The maximum atomic E-state index is 13.1. The monoisotopic (exact) mass is 457 g/mol. The van der Waals surface area contributed by atoms with Gasteiger partial charge in [-0.2, -0.15) is 0 Å². The first-order chi connectivity index (χ1) is 15.2. The van der Waals surface area contributed by atoms with E-state index in [-0.39, 0.29) is 17.3 Å². The smallest absolute Gasteiger partial charge is 0.279 e. The van der Waals surface area contributed by atoms with Gasteiger partial charge in [0.1, 0.15) is 17.7 Å². The molecule has 9 heteroatoms. The molecule has 0 bridgehead atoms. The Labute approximate surface area is 187 Å². The van der Waals surface area contributed by atoms with Crippen LogP contribution in [0.5, 0.6) is 0 Å².